The topological polar surface area (TPSA) is 70.6 Å². The minimum atomic E-state index is -3.77. The van der Waals surface area contributed by atoms with Crippen LogP contribution in [-0.2, 0) is 22.1 Å². The van der Waals surface area contributed by atoms with Crippen molar-refractivity contribution in [3.63, 3.8) is 0 Å². The van der Waals surface area contributed by atoms with E-state index in [4.69, 9.17) is 0 Å². The molecule has 0 bridgehead atoms. The number of pyridine rings is 1. The molecule has 1 fully saturated rings. The Kier molecular flexibility index (Phi) is 4.64. The largest absolute Gasteiger partial charge is 0.336 e. The first-order chi connectivity index (χ1) is 14.9. The molecule has 2 aromatic carbocycles. The fourth-order valence-corrected chi connectivity index (χ4v) is 6.66. The zero-order valence-electron chi connectivity index (χ0n) is 16.6. The van der Waals surface area contributed by atoms with E-state index in [2.05, 4.69) is 4.98 Å². The van der Waals surface area contributed by atoms with Gasteiger partial charge in [-0.05, 0) is 47.9 Å². The van der Waals surface area contributed by atoms with Crippen LogP contribution in [0.25, 0.3) is 0 Å². The number of carbonyl (C=O) groups excluding carboxylic acids is 1. The van der Waals surface area contributed by atoms with E-state index in [9.17, 15) is 17.6 Å². The number of likely N-dealkylation sites (tertiary alicyclic amines) is 1. The summed E-state index contributed by atoms with van der Waals surface area (Å²) in [5.74, 6) is -0.548. The van der Waals surface area contributed by atoms with E-state index in [0.717, 1.165) is 0 Å². The summed E-state index contributed by atoms with van der Waals surface area (Å²) < 4.78 is 41.9. The lowest BCUT2D eigenvalue weighted by atomic mass is 9.88. The normalized spacial score (nSPS) is 22.0. The third-order valence-electron chi connectivity index (χ3n) is 6.12. The second-order valence-corrected chi connectivity index (χ2v) is 9.72. The Morgan fingerprint density at radius 3 is 2.58 bits per heavy atom. The van der Waals surface area contributed by atoms with Gasteiger partial charge in [-0.2, -0.15) is 4.31 Å². The first kappa shape index (κ1) is 19.8. The molecular formula is C23H20FN3O3S. The lowest BCUT2D eigenvalue weighted by Crippen LogP contribution is -2.46. The first-order valence-corrected chi connectivity index (χ1v) is 11.4. The van der Waals surface area contributed by atoms with Gasteiger partial charge in [-0.25, -0.2) is 12.8 Å². The highest BCUT2D eigenvalue weighted by molar-refractivity contribution is 7.89. The molecule has 6 nitrogen and oxygen atoms in total. The van der Waals surface area contributed by atoms with Crippen molar-refractivity contribution in [1.29, 1.82) is 0 Å². The molecule has 0 N–H and O–H groups in total. The van der Waals surface area contributed by atoms with Crippen LogP contribution >= 0.6 is 0 Å². The maximum absolute atomic E-state index is 13.5. The van der Waals surface area contributed by atoms with Crippen molar-refractivity contribution in [2.75, 3.05) is 13.1 Å². The number of amides is 1. The van der Waals surface area contributed by atoms with Gasteiger partial charge in [-0.1, -0.05) is 30.3 Å². The molecule has 3 aromatic rings. The average molecular weight is 437 g/mol. The van der Waals surface area contributed by atoms with Gasteiger partial charge in [-0.3, -0.25) is 9.78 Å². The number of carbonyl (C=O) groups is 1. The molecule has 3 heterocycles. The number of nitrogens with zero attached hydrogens (tertiary/aromatic N) is 3. The van der Waals surface area contributed by atoms with Crippen molar-refractivity contribution in [2.24, 2.45) is 0 Å². The third kappa shape index (κ3) is 3.14. The highest BCUT2D eigenvalue weighted by atomic mass is 32.2. The molecule has 1 spiro atoms. The molecule has 8 heteroatoms. The Balaban J connectivity index is 1.56. The summed E-state index contributed by atoms with van der Waals surface area (Å²) in [4.78, 5) is 19.0. The zero-order valence-corrected chi connectivity index (χ0v) is 17.4. The maximum atomic E-state index is 13.5. The molecular weight excluding hydrogens is 417 g/mol. The molecule has 1 aromatic heterocycles. The van der Waals surface area contributed by atoms with Gasteiger partial charge in [0, 0.05) is 32.0 Å². The van der Waals surface area contributed by atoms with Crippen LogP contribution in [0.2, 0.25) is 0 Å². The smallest absolute Gasteiger partial charge is 0.255 e. The molecule has 1 atom stereocenters. The van der Waals surface area contributed by atoms with E-state index < -0.39 is 15.6 Å². The molecule has 5 rings (SSSR count). The van der Waals surface area contributed by atoms with Gasteiger partial charge < -0.3 is 4.90 Å². The minimum absolute atomic E-state index is 0.103. The summed E-state index contributed by atoms with van der Waals surface area (Å²) in [5, 5.41) is 0. The van der Waals surface area contributed by atoms with Gasteiger partial charge in [0.2, 0.25) is 10.0 Å². The van der Waals surface area contributed by atoms with Crippen molar-refractivity contribution in [3.8, 4) is 0 Å². The number of halogens is 1. The highest BCUT2D eigenvalue weighted by Crippen LogP contribution is 2.50. The van der Waals surface area contributed by atoms with Gasteiger partial charge >= 0.3 is 0 Å². The number of fused-ring (bicyclic) bond motifs is 2. The van der Waals surface area contributed by atoms with E-state index >= 15 is 0 Å². The number of aromatic nitrogens is 1. The van der Waals surface area contributed by atoms with Gasteiger partial charge in [0.05, 0.1) is 16.0 Å². The second kappa shape index (κ2) is 7.25. The number of rotatable bonds is 3. The van der Waals surface area contributed by atoms with Gasteiger partial charge in [0.25, 0.3) is 5.91 Å². The monoisotopic (exact) mass is 437 g/mol. The molecule has 0 saturated carbocycles. The lowest BCUT2D eigenvalue weighted by molar-refractivity contribution is 0.0762. The van der Waals surface area contributed by atoms with E-state index in [-0.39, 0.29) is 29.7 Å². The standard InChI is InChI=1S/C23H20FN3O3S/c24-19-9-7-17(8-10-19)15-27-23(20-5-1-2-6-21(20)31(27,29)30)11-13-26(16-23)22(28)18-4-3-12-25-14-18/h1-10,12,14H,11,13,15-16H2. The van der Waals surface area contributed by atoms with Crippen molar-refractivity contribution < 1.29 is 17.6 Å². The van der Waals surface area contributed by atoms with Crippen LogP contribution in [0.5, 0.6) is 0 Å². The maximum Gasteiger partial charge on any atom is 0.255 e. The summed E-state index contributed by atoms with van der Waals surface area (Å²) in [6, 6.07) is 16.2. The molecule has 2 aliphatic rings. The Labute approximate surface area is 180 Å². The Hall–Kier alpha value is -3.10. The van der Waals surface area contributed by atoms with Gasteiger partial charge in [0.15, 0.2) is 0 Å². The summed E-state index contributed by atoms with van der Waals surface area (Å²) in [6.45, 7) is 0.780. The van der Waals surface area contributed by atoms with Crippen molar-refractivity contribution in [2.45, 2.75) is 23.4 Å². The van der Waals surface area contributed by atoms with Crippen molar-refractivity contribution in [1.82, 2.24) is 14.2 Å². The van der Waals surface area contributed by atoms with E-state index in [1.54, 1.807) is 47.5 Å². The van der Waals surface area contributed by atoms with E-state index in [1.807, 2.05) is 12.1 Å². The van der Waals surface area contributed by atoms with Crippen molar-refractivity contribution in [3.05, 3.63) is 95.6 Å². The second-order valence-electron chi connectivity index (χ2n) is 7.88. The summed E-state index contributed by atoms with van der Waals surface area (Å²) in [5.41, 5.74) is 1.01. The van der Waals surface area contributed by atoms with E-state index in [0.29, 0.717) is 29.7 Å². The molecule has 1 saturated heterocycles. The molecule has 158 valence electrons. The zero-order chi connectivity index (χ0) is 21.6. The van der Waals surface area contributed by atoms with Crippen LogP contribution in [0.3, 0.4) is 0 Å². The van der Waals surface area contributed by atoms with Gasteiger partial charge in [-0.15, -0.1) is 0 Å². The molecule has 0 radical (unpaired) electrons. The molecule has 2 aliphatic heterocycles. The Bertz CT molecular complexity index is 1250. The summed E-state index contributed by atoms with van der Waals surface area (Å²) in [6.07, 6.45) is 3.60. The Morgan fingerprint density at radius 1 is 1.06 bits per heavy atom. The number of hydrogen-bond donors (Lipinski definition) is 0. The van der Waals surface area contributed by atoms with Crippen LogP contribution in [0.1, 0.15) is 27.9 Å². The number of sulfonamides is 1. The minimum Gasteiger partial charge on any atom is -0.336 e. The Morgan fingerprint density at radius 2 is 1.84 bits per heavy atom. The molecule has 0 aliphatic carbocycles. The predicted octanol–water partition coefficient (Wildman–Crippen LogP) is 3.17. The quantitative estimate of drug-likeness (QED) is 0.631. The van der Waals surface area contributed by atoms with Crippen LogP contribution in [-0.4, -0.2) is 41.6 Å². The number of hydrogen-bond acceptors (Lipinski definition) is 4. The van der Waals surface area contributed by atoms with Crippen LogP contribution in [0, 0.1) is 5.82 Å². The fraction of sp³-hybridized carbons (Fsp3) is 0.217. The SMILES string of the molecule is O=C(c1cccnc1)N1CCC2(C1)c1ccccc1S(=O)(=O)N2Cc1ccc(F)cc1. The summed E-state index contributed by atoms with van der Waals surface area (Å²) in [7, 11) is -3.77. The highest BCUT2D eigenvalue weighted by Gasteiger charge is 2.57. The first-order valence-electron chi connectivity index (χ1n) is 9.98. The average Bonchev–Trinajstić information content (AvgIpc) is 3.31. The predicted molar refractivity (Wildman–Crippen MR) is 112 cm³/mol. The van der Waals surface area contributed by atoms with Crippen LogP contribution in [0.4, 0.5) is 4.39 Å². The lowest BCUT2D eigenvalue weighted by Gasteiger charge is -2.34. The van der Waals surface area contributed by atoms with Crippen LogP contribution in [0.15, 0.2) is 78.0 Å². The van der Waals surface area contributed by atoms with Gasteiger partial charge in [0.1, 0.15) is 5.82 Å². The number of benzene rings is 2. The van der Waals surface area contributed by atoms with Crippen LogP contribution < -0.4 is 0 Å². The summed E-state index contributed by atoms with van der Waals surface area (Å²) >= 11 is 0. The fourth-order valence-electron chi connectivity index (χ4n) is 4.61. The van der Waals surface area contributed by atoms with E-state index in [1.165, 1.54) is 22.6 Å². The molecule has 1 unspecified atom stereocenters. The molecule has 1 amide bonds. The van der Waals surface area contributed by atoms with Crippen molar-refractivity contribution >= 4 is 15.9 Å². The third-order valence-corrected chi connectivity index (χ3v) is 8.09. The molecule has 31 heavy (non-hydrogen) atoms.